The lowest BCUT2D eigenvalue weighted by Gasteiger charge is -2.16. The minimum Gasteiger partial charge on any atom is -0.436 e. The van der Waals surface area contributed by atoms with Gasteiger partial charge in [-0.25, -0.2) is 19.9 Å². The molecule has 90 heavy (non-hydrogen) atoms. The van der Waals surface area contributed by atoms with Gasteiger partial charge >= 0.3 is 0 Å². The summed E-state index contributed by atoms with van der Waals surface area (Å²) in [6.07, 6.45) is 0. The number of rotatable bonds is 8. The Labute approximate surface area is 518 Å². The Bertz CT molecular complexity index is 5640. The van der Waals surface area contributed by atoms with E-state index in [2.05, 4.69) is 296 Å². The maximum absolute atomic E-state index is 6.52. The highest BCUT2D eigenvalue weighted by Gasteiger charge is 2.21. The van der Waals surface area contributed by atoms with Crippen LogP contribution in [0.1, 0.15) is 0 Å². The van der Waals surface area contributed by atoms with E-state index in [9.17, 15) is 0 Å². The predicted molar refractivity (Wildman–Crippen MR) is 372 cm³/mol. The summed E-state index contributed by atoms with van der Waals surface area (Å²) in [5.41, 5.74) is 20.6. The molecule has 0 unspecified atom stereocenters. The molecule has 0 N–H and O–H groups in total. The standard InChI is InChI=1S/C46H28N2O.C38H24N2O/c1-3-13-29(14-4-1)39-27-41-40(30-15-5-2-6-16-30)28-42(47-43(41)36-20-10-8-19-35(36)39)31-23-25-32(26-24-31)46-48-44-37-21-11-7-17-33(37)34-18-9-12-22-38(34)45(44)49-46;1-3-11-25(12-4-1)31-23-33-32(26-13-5-2-6-14-26)24-35(39-37(33)30-16-8-7-15-29(30)31)27-19-21-28(22-20-27)38-40-34-17-9-10-18-36(34)41-38/h1-28H;1-24H. The van der Waals surface area contributed by atoms with Crippen LogP contribution in [0, 0.1) is 0 Å². The van der Waals surface area contributed by atoms with Gasteiger partial charge in [0.05, 0.1) is 22.4 Å². The van der Waals surface area contributed by atoms with Crippen molar-refractivity contribution in [1.82, 2.24) is 19.9 Å². The van der Waals surface area contributed by atoms with Crippen molar-refractivity contribution < 1.29 is 8.83 Å². The fourth-order valence-electron chi connectivity index (χ4n) is 13.0. The monoisotopic (exact) mass is 1150 g/mol. The molecule has 420 valence electrons. The molecule has 0 amide bonds. The zero-order valence-corrected chi connectivity index (χ0v) is 48.6. The Kier molecular flexibility index (Phi) is 12.8. The highest BCUT2D eigenvalue weighted by atomic mass is 16.4. The lowest BCUT2D eigenvalue weighted by molar-refractivity contribution is 0.620. The van der Waals surface area contributed by atoms with E-state index >= 15 is 0 Å². The first-order valence-electron chi connectivity index (χ1n) is 30.3. The number of para-hydroxylation sites is 2. The number of hydrogen-bond acceptors (Lipinski definition) is 6. The Balaban J connectivity index is 0.000000141. The Morgan fingerprint density at radius 3 is 0.978 bits per heavy atom. The molecule has 0 atom stereocenters. The zero-order chi connectivity index (χ0) is 59.5. The van der Waals surface area contributed by atoms with Crippen molar-refractivity contribution in [3.05, 3.63) is 315 Å². The molecule has 0 spiro atoms. The van der Waals surface area contributed by atoms with E-state index in [0.717, 1.165) is 116 Å². The van der Waals surface area contributed by atoms with E-state index in [1.54, 1.807) is 0 Å². The Morgan fingerprint density at radius 1 is 0.200 bits per heavy atom. The molecule has 4 heterocycles. The number of hydrogen-bond donors (Lipinski definition) is 0. The number of nitrogens with zero attached hydrogens (tertiary/aromatic N) is 4. The van der Waals surface area contributed by atoms with E-state index in [0.29, 0.717) is 11.8 Å². The zero-order valence-electron chi connectivity index (χ0n) is 48.6. The van der Waals surface area contributed by atoms with Crippen LogP contribution in [-0.4, -0.2) is 19.9 Å². The smallest absolute Gasteiger partial charge is 0.227 e. The van der Waals surface area contributed by atoms with E-state index in [4.69, 9.17) is 23.8 Å². The molecule has 18 aromatic rings. The lowest BCUT2D eigenvalue weighted by Crippen LogP contribution is -1.93. The predicted octanol–water partition coefficient (Wildman–Crippen LogP) is 22.7. The number of oxazole rings is 2. The van der Waals surface area contributed by atoms with Gasteiger partial charge in [0.15, 0.2) is 11.2 Å². The van der Waals surface area contributed by atoms with Crippen molar-refractivity contribution in [3.63, 3.8) is 0 Å². The van der Waals surface area contributed by atoms with Gasteiger partial charge in [-0.15, -0.1) is 0 Å². The van der Waals surface area contributed by atoms with E-state index in [-0.39, 0.29) is 0 Å². The maximum atomic E-state index is 6.52. The lowest BCUT2D eigenvalue weighted by atomic mass is 9.91. The van der Waals surface area contributed by atoms with Gasteiger partial charge in [-0.1, -0.05) is 255 Å². The molecule has 0 aliphatic rings. The molecule has 18 rings (SSSR count). The minimum absolute atomic E-state index is 0.610. The summed E-state index contributed by atoms with van der Waals surface area (Å²) in [5, 5.41) is 11.5. The summed E-state index contributed by atoms with van der Waals surface area (Å²) in [6, 6.07) is 110. The highest BCUT2D eigenvalue weighted by molar-refractivity contribution is 6.23. The van der Waals surface area contributed by atoms with Gasteiger partial charge in [0.1, 0.15) is 11.0 Å². The third-order valence-electron chi connectivity index (χ3n) is 17.4. The molecule has 14 aromatic carbocycles. The topological polar surface area (TPSA) is 77.8 Å². The first kappa shape index (κ1) is 52.2. The summed E-state index contributed by atoms with van der Waals surface area (Å²) in [7, 11) is 0. The van der Waals surface area contributed by atoms with Crippen LogP contribution in [0.2, 0.25) is 0 Å². The van der Waals surface area contributed by atoms with E-state index in [1.165, 1.54) is 49.4 Å². The summed E-state index contributed by atoms with van der Waals surface area (Å²) in [4.78, 5) is 20.4. The number of benzene rings is 14. The van der Waals surface area contributed by atoms with Gasteiger partial charge in [-0.3, -0.25) is 0 Å². The Morgan fingerprint density at radius 2 is 0.533 bits per heavy atom. The van der Waals surface area contributed by atoms with Crippen LogP contribution >= 0.6 is 0 Å². The second-order valence-corrected chi connectivity index (χ2v) is 22.7. The molecule has 0 bridgehead atoms. The van der Waals surface area contributed by atoms with Crippen molar-refractivity contribution >= 4 is 87.1 Å². The second kappa shape index (κ2) is 22.0. The van der Waals surface area contributed by atoms with Crippen LogP contribution in [0.3, 0.4) is 0 Å². The fraction of sp³-hybridized carbons (Fsp3) is 0. The van der Waals surface area contributed by atoms with Crippen LogP contribution in [0.15, 0.2) is 324 Å². The maximum Gasteiger partial charge on any atom is 0.227 e. The first-order chi connectivity index (χ1) is 44.6. The SMILES string of the molecule is c1ccc(-c2cc3c(-c4ccccc4)cc(-c4ccc(-c5nc6c7ccccc7c7ccccc7c6o5)cc4)nc3c3ccccc23)cc1.c1ccc(-c2cc3c(-c4ccccc4)cc(-c4ccc(-c5nc6ccccc6o5)cc4)nc3c3ccccc23)cc1. The number of fused-ring (bicyclic) bond motifs is 13. The van der Waals surface area contributed by atoms with Crippen molar-refractivity contribution in [2.24, 2.45) is 0 Å². The average Bonchev–Trinajstić information content (AvgIpc) is 1.18. The average molecular weight is 1150 g/mol. The van der Waals surface area contributed by atoms with Crippen LogP contribution in [0.5, 0.6) is 0 Å². The molecular formula is C84H52N4O2. The normalized spacial score (nSPS) is 11.6. The molecule has 0 aliphatic heterocycles. The number of aromatic nitrogens is 4. The van der Waals surface area contributed by atoms with Gasteiger partial charge in [-0.2, -0.15) is 0 Å². The summed E-state index contributed by atoms with van der Waals surface area (Å²) < 4.78 is 12.5. The molecule has 0 aliphatic carbocycles. The van der Waals surface area contributed by atoms with E-state index < -0.39 is 0 Å². The van der Waals surface area contributed by atoms with Crippen LogP contribution in [0.25, 0.3) is 177 Å². The molecule has 4 aromatic heterocycles. The van der Waals surface area contributed by atoms with Gasteiger partial charge in [0.2, 0.25) is 11.8 Å². The van der Waals surface area contributed by atoms with Crippen LogP contribution < -0.4 is 0 Å². The van der Waals surface area contributed by atoms with Crippen molar-refractivity contribution in [2.45, 2.75) is 0 Å². The van der Waals surface area contributed by atoms with Gasteiger partial charge in [0, 0.05) is 54.6 Å². The number of pyridine rings is 2. The summed E-state index contributed by atoms with van der Waals surface area (Å²) in [6.45, 7) is 0. The summed E-state index contributed by atoms with van der Waals surface area (Å²) in [5.74, 6) is 1.23. The summed E-state index contributed by atoms with van der Waals surface area (Å²) >= 11 is 0. The van der Waals surface area contributed by atoms with E-state index in [1.807, 2.05) is 24.3 Å². The van der Waals surface area contributed by atoms with Crippen molar-refractivity contribution in [3.8, 4) is 89.9 Å². The quantitative estimate of drug-likeness (QED) is 0.141. The van der Waals surface area contributed by atoms with Crippen molar-refractivity contribution in [2.75, 3.05) is 0 Å². The third-order valence-corrected chi connectivity index (χ3v) is 17.4. The molecular weight excluding hydrogens is 1100 g/mol. The van der Waals surface area contributed by atoms with Gasteiger partial charge in [-0.05, 0) is 127 Å². The van der Waals surface area contributed by atoms with Crippen LogP contribution in [-0.2, 0) is 0 Å². The third kappa shape index (κ3) is 9.21. The molecule has 0 saturated heterocycles. The fourth-order valence-corrected chi connectivity index (χ4v) is 13.0. The first-order valence-corrected chi connectivity index (χ1v) is 30.3. The highest BCUT2D eigenvalue weighted by Crippen LogP contribution is 2.44. The minimum atomic E-state index is 0.610. The molecule has 0 fully saturated rings. The van der Waals surface area contributed by atoms with Crippen molar-refractivity contribution in [1.29, 1.82) is 0 Å². The molecule has 0 radical (unpaired) electrons. The molecule has 0 saturated carbocycles. The van der Waals surface area contributed by atoms with Gasteiger partial charge in [0.25, 0.3) is 0 Å². The van der Waals surface area contributed by atoms with Gasteiger partial charge < -0.3 is 8.83 Å². The molecule has 6 nitrogen and oxygen atoms in total. The Hall–Kier alpha value is -12.1. The second-order valence-electron chi connectivity index (χ2n) is 22.7. The largest absolute Gasteiger partial charge is 0.436 e. The van der Waals surface area contributed by atoms with Crippen LogP contribution in [0.4, 0.5) is 0 Å². The molecule has 6 heteroatoms.